The molecule has 8 nitrogen and oxygen atoms in total. The third-order valence-electron chi connectivity index (χ3n) is 2.14. The number of carbonyl (C=O) groups excluding carboxylic acids is 1. The van der Waals surface area contributed by atoms with Crippen molar-refractivity contribution in [3.63, 3.8) is 0 Å². The molecule has 1 amide bonds. The molecule has 0 spiro atoms. The number of nitrogens with one attached hydrogen (secondary N) is 2. The second kappa shape index (κ2) is 8.88. The number of carbonyl (C=O) groups is 2. The molecule has 1 atom stereocenters. The van der Waals surface area contributed by atoms with Gasteiger partial charge in [0.2, 0.25) is 15.9 Å². The fraction of sp³-hybridized carbons (Fsp3) is 0.818. The summed E-state index contributed by atoms with van der Waals surface area (Å²) < 4.78 is 30.3. The zero-order valence-electron chi connectivity index (χ0n) is 11.9. The van der Waals surface area contributed by atoms with Crippen LogP contribution >= 0.6 is 0 Å². The Kier molecular flexibility index (Phi) is 8.35. The third-order valence-corrected chi connectivity index (χ3v) is 3.43. The highest BCUT2D eigenvalue weighted by Gasteiger charge is 2.15. The van der Waals surface area contributed by atoms with Crippen LogP contribution in [0.5, 0.6) is 0 Å². The lowest BCUT2D eigenvalue weighted by Crippen LogP contribution is -2.42. The van der Waals surface area contributed by atoms with Crippen molar-refractivity contribution in [2.75, 3.05) is 18.9 Å². The molecule has 1 unspecified atom stereocenters. The largest absolute Gasteiger partial charge is 0.481 e. The van der Waals surface area contributed by atoms with E-state index in [9.17, 15) is 18.0 Å². The van der Waals surface area contributed by atoms with E-state index in [1.54, 1.807) is 13.8 Å². The van der Waals surface area contributed by atoms with Gasteiger partial charge < -0.3 is 15.2 Å². The first kappa shape index (κ1) is 18.8. The van der Waals surface area contributed by atoms with Crippen LogP contribution in [0.4, 0.5) is 0 Å². The van der Waals surface area contributed by atoms with E-state index in [0.29, 0.717) is 0 Å². The summed E-state index contributed by atoms with van der Waals surface area (Å²) >= 11 is 0. The molecule has 0 saturated heterocycles. The molecule has 0 aromatic rings. The predicted molar refractivity (Wildman–Crippen MR) is 72.7 cm³/mol. The Hall–Kier alpha value is -1.19. The van der Waals surface area contributed by atoms with Crippen LogP contribution in [-0.4, -0.2) is 56.5 Å². The van der Waals surface area contributed by atoms with Gasteiger partial charge in [0.1, 0.15) is 0 Å². The Balaban J connectivity index is 4.01. The van der Waals surface area contributed by atoms with Crippen molar-refractivity contribution < 1.29 is 27.9 Å². The molecule has 3 N–H and O–H groups in total. The molecular weight excluding hydrogens is 288 g/mol. The van der Waals surface area contributed by atoms with Gasteiger partial charge in [-0.1, -0.05) is 0 Å². The zero-order valence-corrected chi connectivity index (χ0v) is 12.7. The van der Waals surface area contributed by atoms with Crippen LogP contribution in [0.2, 0.25) is 0 Å². The molecule has 9 heteroatoms. The second-order valence-corrected chi connectivity index (χ2v) is 6.55. The highest BCUT2D eigenvalue weighted by molar-refractivity contribution is 7.89. The summed E-state index contributed by atoms with van der Waals surface area (Å²) in [5.74, 6) is -1.85. The van der Waals surface area contributed by atoms with Crippen molar-refractivity contribution in [1.29, 1.82) is 0 Å². The van der Waals surface area contributed by atoms with E-state index in [1.807, 2.05) is 0 Å². The molecular formula is C11H22N2O6S. The quantitative estimate of drug-likeness (QED) is 0.491. The Labute approximate surface area is 118 Å². The average Bonchev–Trinajstić information content (AvgIpc) is 2.24. The normalized spacial score (nSPS) is 13.2. The molecule has 0 radical (unpaired) electrons. The maximum Gasteiger partial charge on any atom is 0.305 e. The van der Waals surface area contributed by atoms with Gasteiger partial charge in [0.15, 0.2) is 0 Å². The van der Waals surface area contributed by atoms with Gasteiger partial charge in [0, 0.05) is 6.04 Å². The van der Waals surface area contributed by atoms with Crippen LogP contribution in [0.25, 0.3) is 0 Å². The van der Waals surface area contributed by atoms with Gasteiger partial charge in [-0.2, -0.15) is 0 Å². The number of aliphatic carboxylic acids is 1. The maximum atomic E-state index is 11.5. The van der Waals surface area contributed by atoms with E-state index in [2.05, 4.69) is 10.0 Å². The number of rotatable bonds is 10. The van der Waals surface area contributed by atoms with Crippen molar-refractivity contribution in [3.05, 3.63) is 0 Å². The first-order valence-corrected chi connectivity index (χ1v) is 7.87. The van der Waals surface area contributed by atoms with Crippen LogP contribution in [0.3, 0.4) is 0 Å². The summed E-state index contributed by atoms with van der Waals surface area (Å²) in [7, 11) is -3.58. The SMILES string of the molecule is CC(CC(=O)O)NC(=O)CNS(=O)(=O)CCOC(C)C. The lowest BCUT2D eigenvalue weighted by atomic mass is 10.2. The lowest BCUT2D eigenvalue weighted by molar-refractivity contribution is -0.137. The first-order chi connectivity index (χ1) is 9.12. The minimum Gasteiger partial charge on any atom is -0.481 e. The molecule has 0 aliphatic heterocycles. The number of ether oxygens (including phenoxy) is 1. The van der Waals surface area contributed by atoms with Gasteiger partial charge in [-0.25, -0.2) is 13.1 Å². The summed E-state index contributed by atoms with van der Waals surface area (Å²) in [6.45, 7) is 4.73. The highest BCUT2D eigenvalue weighted by atomic mass is 32.2. The van der Waals surface area contributed by atoms with Crippen LogP contribution < -0.4 is 10.0 Å². The average molecular weight is 310 g/mol. The van der Waals surface area contributed by atoms with Gasteiger partial charge in [-0.3, -0.25) is 9.59 Å². The number of carboxylic acids is 1. The van der Waals surface area contributed by atoms with Gasteiger partial charge in [0.05, 0.1) is 31.4 Å². The molecule has 0 aromatic heterocycles. The number of amides is 1. The molecule has 0 bridgehead atoms. The predicted octanol–water partition coefficient (Wildman–Crippen LogP) is -0.690. The van der Waals surface area contributed by atoms with E-state index < -0.39 is 34.5 Å². The van der Waals surface area contributed by atoms with Crippen LogP contribution in [0, 0.1) is 0 Å². The molecule has 118 valence electrons. The van der Waals surface area contributed by atoms with Gasteiger partial charge in [0.25, 0.3) is 0 Å². The Bertz CT molecular complexity index is 421. The second-order valence-electron chi connectivity index (χ2n) is 4.63. The van der Waals surface area contributed by atoms with E-state index in [0.717, 1.165) is 0 Å². The maximum absolute atomic E-state index is 11.5. The molecule has 0 aliphatic rings. The first-order valence-electron chi connectivity index (χ1n) is 6.22. The minimum absolute atomic E-state index is 0.0457. The summed E-state index contributed by atoms with van der Waals surface area (Å²) in [4.78, 5) is 21.8. The molecule has 0 heterocycles. The van der Waals surface area contributed by atoms with Crippen molar-refractivity contribution in [1.82, 2.24) is 10.0 Å². The summed E-state index contributed by atoms with van der Waals surface area (Å²) in [5, 5.41) is 10.9. The summed E-state index contributed by atoms with van der Waals surface area (Å²) in [6, 6.07) is -0.561. The van der Waals surface area contributed by atoms with Gasteiger partial charge in [-0.15, -0.1) is 0 Å². The molecule has 0 aliphatic carbocycles. The standard InChI is InChI=1S/C11H22N2O6S/c1-8(2)19-4-5-20(17,18)12-7-10(14)13-9(3)6-11(15)16/h8-9,12H,4-7H2,1-3H3,(H,13,14)(H,15,16). The third kappa shape index (κ3) is 10.7. The van der Waals surface area contributed by atoms with E-state index in [-0.39, 0.29) is 24.9 Å². The van der Waals surface area contributed by atoms with Crippen LogP contribution in [0.15, 0.2) is 0 Å². The Morgan fingerprint density at radius 1 is 1.25 bits per heavy atom. The molecule has 0 aromatic carbocycles. The summed E-state index contributed by atoms with van der Waals surface area (Å²) in [5.41, 5.74) is 0. The molecule has 0 rings (SSSR count). The lowest BCUT2D eigenvalue weighted by Gasteiger charge is -2.12. The fourth-order valence-corrected chi connectivity index (χ4v) is 2.09. The molecule has 0 fully saturated rings. The smallest absolute Gasteiger partial charge is 0.305 e. The van der Waals surface area contributed by atoms with Gasteiger partial charge in [-0.05, 0) is 20.8 Å². The summed E-state index contributed by atoms with van der Waals surface area (Å²) in [6.07, 6.45) is -0.286. The number of hydrogen-bond donors (Lipinski definition) is 3. The molecule has 0 saturated carbocycles. The fourth-order valence-electron chi connectivity index (χ4n) is 1.28. The number of sulfonamides is 1. The van der Waals surface area contributed by atoms with Gasteiger partial charge >= 0.3 is 5.97 Å². The molecule has 20 heavy (non-hydrogen) atoms. The van der Waals surface area contributed by atoms with E-state index in [4.69, 9.17) is 9.84 Å². The van der Waals surface area contributed by atoms with Crippen LogP contribution in [0.1, 0.15) is 27.2 Å². The zero-order chi connectivity index (χ0) is 15.8. The van der Waals surface area contributed by atoms with E-state index in [1.165, 1.54) is 6.92 Å². The minimum atomic E-state index is -3.58. The monoisotopic (exact) mass is 310 g/mol. The number of carboxylic acid groups (broad SMARTS) is 1. The van der Waals surface area contributed by atoms with E-state index >= 15 is 0 Å². The Morgan fingerprint density at radius 2 is 1.85 bits per heavy atom. The Morgan fingerprint density at radius 3 is 2.35 bits per heavy atom. The van der Waals surface area contributed by atoms with Crippen molar-refractivity contribution >= 4 is 21.9 Å². The topological polar surface area (TPSA) is 122 Å². The van der Waals surface area contributed by atoms with Crippen molar-refractivity contribution in [2.45, 2.75) is 39.3 Å². The van der Waals surface area contributed by atoms with Crippen molar-refractivity contribution in [3.8, 4) is 0 Å². The van der Waals surface area contributed by atoms with Crippen LogP contribution in [-0.2, 0) is 24.3 Å². The highest BCUT2D eigenvalue weighted by Crippen LogP contribution is 1.92. The number of hydrogen-bond acceptors (Lipinski definition) is 5. The van der Waals surface area contributed by atoms with Crippen molar-refractivity contribution in [2.24, 2.45) is 0 Å².